The smallest absolute Gasteiger partial charge is 0.341 e. The summed E-state index contributed by atoms with van der Waals surface area (Å²) < 4.78 is 11.2. The molecule has 16 aromatic carbocycles. The fourth-order valence-corrected chi connectivity index (χ4v) is 29.1. The normalized spacial score (nSPS) is 15.8. The maximum absolute atomic E-state index is 3.17. The molecule has 0 fully saturated rings. The molecule has 0 amide bonds. The predicted octanol–water partition coefficient (Wildman–Crippen LogP) is 22.5. The van der Waals surface area contributed by atoms with Gasteiger partial charge in [0.15, 0.2) is 0 Å². The third-order valence-electron chi connectivity index (χ3n) is 22.2. The summed E-state index contributed by atoms with van der Waals surface area (Å²) in [6.07, 6.45) is 0. The number of hydrogen-bond acceptors (Lipinski definition) is 5. The van der Waals surface area contributed by atoms with Crippen LogP contribution in [-0.2, 0) is 0 Å². The molecule has 0 N–H and O–H groups in total. The molecule has 0 bridgehead atoms. The topological polar surface area (TPSA) is 16.2 Å². The summed E-state index contributed by atoms with van der Waals surface area (Å²) in [5.41, 5.74) is 33.5. The first-order chi connectivity index (χ1) is 51.2. The molecule has 6 aliphatic rings. The van der Waals surface area contributed by atoms with E-state index in [0.29, 0.717) is 0 Å². The highest BCUT2D eigenvalue weighted by Gasteiger charge is 2.62. The molecule has 2 spiro atoms. The second-order valence-corrected chi connectivity index (χ2v) is 34.0. The molecule has 0 saturated heterocycles. The average Bonchev–Trinajstić information content (AvgIpc) is 1.66. The van der Waals surface area contributed by atoms with Gasteiger partial charge in [-0.2, -0.15) is 0 Å². The van der Waals surface area contributed by atoms with Crippen LogP contribution in [0.4, 0.5) is 62.6 Å². The van der Waals surface area contributed by atoms with Crippen molar-refractivity contribution >= 4 is 100 Å². The number of hydrogen-bond donors (Lipinski definition) is 0. The van der Waals surface area contributed by atoms with Crippen LogP contribution in [0.3, 0.4) is 0 Å². The summed E-state index contributed by atoms with van der Waals surface area (Å²) in [5, 5.41) is 5.61. The van der Waals surface area contributed by atoms with Gasteiger partial charge in [0.1, 0.15) is 0 Å². The van der Waals surface area contributed by atoms with E-state index in [0.717, 1.165) is 17.1 Å². The minimum atomic E-state index is -3.17. The lowest BCUT2D eigenvalue weighted by molar-refractivity contribution is 1.25. The van der Waals surface area contributed by atoms with Crippen LogP contribution in [-0.4, -0.2) is 16.8 Å². The molecule has 0 saturated carbocycles. The SMILES string of the molecule is c1ccc(-c2cc3c(cc2-c2ccccc2)N2c4ccccc4-c4ccccc4N4c5ccccc5-c5ccccc5[Si]42c2ccccc2-3)cc1.c1ccc(N(c2ccccc2)c2ccc3c(c2)-c2ccccc2N2c4ccccc4-c4ccccc4[Si]24c2ccccc2-c2ccccc2N34)cc1. The van der Waals surface area contributed by atoms with E-state index in [1.165, 1.54) is 155 Å². The van der Waals surface area contributed by atoms with Gasteiger partial charge in [-0.25, -0.2) is 0 Å². The third kappa shape index (κ3) is 8.46. The molecule has 103 heavy (non-hydrogen) atoms. The summed E-state index contributed by atoms with van der Waals surface area (Å²) in [6.45, 7) is 0. The van der Waals surface area contributed by atoms with Crippen molar-refractivity contribution in [3.05, 3.63) is 394 Å². The van der Waals surface area contributed by atoms with E-state index in [1.54, 1.807) is 0 Å². The molecule has 482 valence electrons. The van der Waals surface area contributed by atoms with Crippen LogP contribution >= 0.6 is 0 Å². The Hall–Kier alpha value is -13.0. The number of para-hydroxylation sites is 8. The maximum atomic E-state index is 2.82. The van der Waals surface area contributed by atoms with Crippen molar-refractivity contribution in [3.63, 3.8) is 0 Å². The number of rotatable bonds is 5. The van der Waals surface area contributed by atoms with Crippen LogP contribution in [0, 0.1) is 0 Å². The van der Waals surface area contributed by atoms with Crippen LogP contribution in [0.1, 0.15) is 0 Å². The van der Waals surface area contributed by atoms with Gasteiger partial charge in [0.2, 0.25) is 0 Å². The van der Waals surface area contributed by atoms with Gasteiger partial charge in [0, 0.05) is 107 Å². The summed E-state index contributed by atoms with van der Waals surface area (Å²) in [7, 11) is -6.30. The Kier molecular flexibility index (Phi) is 13.3. The Bertz CT molecular complexity index is 6000. The van der Waals surface area contributed by atoms with Crippen LogP contribution in [0.5, 0.6) is 0 Å². The fourth-order valence-electron chi connectivity index (χ4n) is 18.2. The highest BCUT2D eigenvalue weighted by atomic mass is 28.4. The fraction of sp³-hybridized carbons (Fsp3) is 0. The van der Waals surface area contributed by atoms with E-state index in [2.05, 4.69) is 417 Å². The molecule has 16 aromatic rings. The summed E-state index contributed by atoms with van der Waals surface area (Å²) in [6, 6.07) is 147. The molecule has 0 radical (unpaired) electrons. The van der Waals surface area contributed by atoms with Gasteiger partial charge in [-0.05, 0) is 156 Å². The quantitative estimate of drug-likeness (QED) is 0.159. The van der Waals surface area contributed by atoms with Crippen molar-refractivity contribution < 1.29 is 0 Å². The Balaban J connectivity index is 0.000000134. The van der Waals surface area contributed by atoms with Gasteiger partial charge in [-0.15, -0.1) is 0 Å². The first kappa shape index (κ1) is 58.9. The number of benzene rings is 16. The van der Waals surface area contributed by atoms with Crippen LogP contribution < -0.4 is 43.9 Å². The zero-order valence-electron chi connectivity index (χ0n) is 56.3. The molecule has 5 nitrogen and oxygen atoms in total. The van der Waals surface area contributed by atoms with Gasteiger partial charge in [0.25, 0.3) is 0 Å². The number of fused-ring (bicyclic) bond motifs is 26. The van der Waals surface area contributed by atoms with Gasteiger partial charge in [-0.1, -0.05) is 303 Å². The summed E-state index contributed by atoms with van der Waals surface area (Å²) in [5.74, 6) is 0. The van der Waals surface area contributed by atoms with E-state index in [1.807, 2.05) is 0 Å². The molecule has 2 atom stereocenters. The lowest BCUT2D eigenvalue weighted by Gasteiger charge is -2.56. The first-order valence-electron chi connectivity index (χ1n) is 35.7. The van der Waals surface area contributed by atoms with Gasteiger partial charge in [-0.3, -0.25) is 0 Å². The molecule has 6 heterocycles. The predicted molar refractivity (Wildman–Crippen MR) is 435 cm³/mol. The second-order valence-electron chi connectivity index (χ2n) is 27.3. The lowest BCUT2D eigenvalue weighted by atomic mass is 9.89. The van der Waals surface area contributed by atoms with Crippen molar-refractivity contribution in [1.29, 1.82) is 0 Å². The Morgan fingerprint density at radius 2 is 0.398 bits per heavy atom. The molecule has 0 aliphatic carbocycles. The Labute approximate surface area is 602 Å². The zero-order chi connectivity index (χ0) is 67.7. The largest absolute Gasteiger partial charge is 0.342 e. The highest BCUT2D eigenvalue weighted by Crippen LogP contribution is 2.61. The van der Waals surface area contributed by atoms with E-state index in [-0.39, 0.29) is 0 Å². The zero-order valence-corrected chi connectivity index (χ0v) is 58.3. The van der Waals surface area contributed by atoms with Crippen molar-refractivity contribution in [2.24, 2.45) is 0 Å². The van der Waals surface area contributed by atoms with Gasteiger partial charge >= 0.3 is 16.8 Å². The Morgan fingerprint density at radius 1 is 0.155 bits per heavy atom. The minimum absolute atomic E-state index is 1.12. The van der Waals surface area contributed by atoms with E-state index in [4.69, 9.17) is 0 Å². The standard InChI is InChI=1S/C48H33N3Si.C48H32N2Si/c1-3-17-34(18-4-1)49(35-19-5-2-6-20-35)36-31-32-46-42(33-36)39-23-9-14-28-45(39)50-43-26-12-7-21-37(43)40-24-10-15-29-47(40)52(50)48-30-16-11-25-41(48)38-22-8-13-27-44(38)51(46)52;1-3-17-33(18-4-1)40-31-42-39-25-11-16-30-48(39)51-47-29-15-10-24-38(47)37-23-9-14-28-45(37)49(51)43-26-12-7-21-35(43)36-22-8-13-27-44(36)50(51)46(42)32-41(40)34-19-5-2-6-20-34/h1-33H;1-32H. The summed E-state index contributed by atoms with van der Waals surface area (Å²) in [4.78, 5) is 2.37. The molecule has 0 aromatic heterocycles. The number of nitrogens with zero attached hydrogens (tertiary/aromatic N) is 5. The highest BCUT2D eigenvalue weighted by molar-refractivity contribution is 7.12. The third-order valence-corrected chi connectivity index (χ3v) is 31.4. The van der Waals surface area contributed by atoms with Crippen LogP contribution in [0.15, 0.2) is 394 Å². The molecule has 2 unspecified atom stereocenters. The molecule has 22 rings (SSSR count). The van der Waals surface area contributed by atoms with Gasteiger partial charge in [0.05, 0.1) is 0 Å². The van der Waals surface area contributed by atoms with Crippen molar-refractivity contribution in [2.45, 2.75) is 0 Å². The van der Waals surface area contributed by atoms with Crippen molar-refractivity contribution in [2.75, 3.05) is 23.2 Å². The first-order valence-corrected chi connectivity index (χ1v) is 39.5. The summed E-state index contributed by atoms with van der Waals surface area (Å²) >= 11 is 0. The van der Waals surface area contributed by atoms with Gasteiger partial charge < -0.3 is 23.2 Å². The monoisotopic (exact) mass is 1340 g/mol. The second kappa shape index (κ2) is 23.3. The molecule has 6 aliphatic heterocycles. The van der Waals surface area contributed by atoms with Crippen molar-refractivity contribution in [1.82, 2.24) is 0 Å². The van der Waals surface area contributed by atoms with E-state index in [9.17, 15) is 0 Å². The van der Waals surface area contributed by atoms with E-state index >= 15 is 0 Å². The lowest BCUT2D eigenvalue weighted by Crippen LogP contribution is -2.80. The van der Waals surface area contributed by atoms with Crippen molar-refractivity contribution in [3.8, 4) is 89.0 Å². The number of anilines is 11. The van der Waals surface area contributed by atoms with Crippen LogP contribution in [0.2, 0.25) is 0 Å². The average molecular weight is 1340 g/mol. The molecule has 7 heteroatoms. The molecular formula is C96H65N5Si2. The maximum Gasteiger partial charge on any atom is 0.341 e. The van der Waals surface area contributed by atoms with E-state index < -0.39 is 16.8 Å². The Morgan fingerprint density at radius 3 is 0.757 bits per heavy atom. The van der Waals surface area contributed by atoms with Crippen LogP contribution in [0.25, 0.3) is 89.0 Å². The molecular weight excluding hydrogens is 1280 g/mol. The minimum Gasteiger partial charge on any atom is -0.342 e.